The summed E-state index contributed by atoms with van der Waals surface area (Å²) in [4.78, 5) is 5.69. The second kappa shape index (κ2) is 12.2. The van der Waals surface area contributed by atoms with Crippen LogP contribution < -0.4 is 4.90 Å². The van der Waals surface area contributed by atoms with Crippen LogP contribution in [0.4, 0.5) is 17.1 Å². The smallest absolute Gasteiger partial charge is 0.0604 e. The Morgan fingerprint density at radius 1 is 0.491 bits per heavy atom. The van der Waals surface area contributed by atoms with Crippen LogP contribution in [0.5, 0.6) is 0 Å². The molecule has 4 bridgehead atoms. The number of rotatable bonds is 4. The quantitative estimate of drug-likeness (QED) is 0.179. The largest absolute Gasteiger partial charge is 0.309 e. The molecule has 2 heteroatoms. The average Bonchev–Trinajstić information content (AvgIpc) is 3.61. The summed E-state index contributed by atoms with van der Waals surface area (Å²) in [5, 5.41) is 0. The second-order valence-electron chi connectivity index (χ2n) is 21.9. The maximum atomic E-state index is 2.70. The van der Waals surface area contributed by atoms with E-state index in [1.165, 1.54) is 112 Å². The van der Waals surface area contributed by atoms with Crippen LogP contribution in [0, 0.1) is 23.7 Å². The molecule has 5 aromatic carbocycles. The first-order valence-electron chi connectivity index (χ1n) is 22.3. The van der Waals surface area contributed by atoms with Gasteiger partial charge < -0.3 is 4.90 Å². The molecule has 57 heavy (non-hydrogen) atoms. The molecule has 292 valence electrons. The molecule has 0 N–H and O–H groups in total. The van der Waals surface area contributed by atoms with E-state index < -0.39 is 0 Å². The lowest BCUT2D eigenvalue weighted by molar-refractivity contribution is 0.181. The molecule has 6 aliphatic carbocycles. The van der Waals surface area contributed by atoms with Gasteiger partial charge in [0.15, 0.2) is 0 Å². The van der Waals surface area contributed by atoms with Crippen molar-refractivity contribution < 1.29 is 0 Å². The van der Waals surface area contributed by atoms with E-state index in [1.54, 1.807) is 11.1 Å². The Morgan fingerprint density at radius 2 is 1.05 bits per heavy atom. The maximum absolute atomic E-state index is 2.70. The Hall–Kier alpha value is -3.75. The number of nitrogens with zero attached hydrogens (tertiary/aromatic N) is 1. The number of hydrogen-bond acceptors (Lipinski definition) is 2. The Labute approximate surface area is 347 Å². The molecule has 0 aromatic heterocycles. The van der Waals surface area contributed by atoms with Crippen LogP contribution in [0.2, 0.25) is 0 Å². The Balaban J connectivity index is 1.19. The van der Waals surface area contributed by atoms with E-state index in [0.717, 1.165) is 11.8 Å². The summed E-state index contributed by atoms with van der Waals surface area (Å²) in [6.07, 6.45) is 10.5. The van der Waals surface area contributed by atoms with Crippen LogP contribution >= 0.6 is 11.8 Å². The Bertz CT molecular complexity index is 2370. The van der Waals surface area contributed by atoms with Crippen molar-refractivity contribution in [2.75, 3.05) is 4.90 Å². The van der Waals surface area contributed by atoms with E-state index in [9.17, 15) is 0 Å². The van der Waals surface area contributed by atoms with Crippen molar-refractivity contribution in [1.29, 1.82) is 0 Å². The standard InChI is InChI=1S/C55H61NS/c1-51(2)24-26-53(5,6)46-32-38(20-22-41(46)51)56(39-21-23-42-47(33-39)54(7,8)27-25-52(42,3)4)48-19-13-18-44-50(48)57-49-40(35-14-10-9-11-15-35)16-12-17-43(49)55(44)37-29-34-28-36(31-37)45(55)30-34/h9-23,32-34,36-37,45H,24-31H2,1-8H3. The highest BCUT2D eigenvalue weighted by Crippen LogP contribution is 2.73. The maximum Gasteiger partial charge on any atom is 0.0604 e. The minimum Gasteiger partial charge on any atom is -0.309 e. The first-order valence-corrected chi connectivity index (χ1v) is 23.1. The fraction of sp³-hybridized carbons (Fsp3) is 0.455. The van der Waals surface area contributed by atoms with Gasteiger partial charge >= 0.3 is 0 Å². The summed E-state index contributed by atoms with van der Waals surface area (Å²) in [5.41, 5.74) is 16.7. The molecule has 1 spiro atoms. The predicted molar refractivity (Wildman–Crippen MR) is 241 cm³/mol. The predicted octanol–water partition coefficient (Wildman–Crippen LogP) is 15.3. The van der Waals surface area contributed by atoms with Crippen molar-refractivity contribution in [2.45, 2.75) is 144 Å². The van der Waals surface area contributed by atoms with E-state index >= 15 is 0 Å². The molecule has 5 unspecified atom stereocenters. The Morgan fingerprint density at radius 3 is 1.65 bits per heavy atom. The molecule has 0 radical (unpaired) electrons. The first kappa shape index (κ1) is 36.3. The van der Waals surface area contributed by atoms with Gasteiger partial charge in [-0.3, -0.25) is 0 Å². The van der Waals surface area contributed by atoms with Gasteiger partial charge in [0.2, 0.25) is 0 Å². The van der Waals surface area contributed by atoms with Gasteiger partial charge in [-0.15, -0.1) is 0 Å². The van der Waals surface area contributed by atoms with Gasteiger partial charge in [-0.1, -0.05) is 140 Å². The summed E-state index contributed by atoms with van der Waals surface area (Å²) < 4.78 is 0. The van der Waals surface area contributed by atoms with Gasteiger partial charge in [0.1, 0.15) is 0 Å². The van der Waals surface area contributed by atoms with Gasteiger partial charge in [0, 0.05) is 26.6 Å². The number of hydrogen-bond donors (Lipinski definition) is 0. The topological polar surface area (TPSA) is 3.24 Å². The summed E-state index contributed by atoms with van der Waals surface area (Å²) in [7, 11) is 0. The number of benzene rings is 5. The Kier molecular flexibility index (Phi) is 7.75. The van der Waals surface area contributed by atoms with Crippen molar-refractivity contribution in [1.82, 2.24) is 0 Å². The molecule has 5 atom stereocenters. The lowest BCUT2D eigenvalue weighted by atomic mass is 9.57. The van der Waals surface area contributed by atoms with E-state index in [0.29, 0.717) is 11.8 Å². The van der Waals surface area contributed by atoms with E-state index in [1.807, 2.05) is 0 Å². The molecule has 1 nitrogen and oxygen atoms in total. The lowest BCUT2D eigenvalue weighted by Gasteiger charge is -2.50. The van der Waals surface area contributed by atoms with Gasteiger partial charge in [-0.2, -0.15) is 0 Å². The molecule has 4 fully saturated rings. The SMILES string of the molecule is CC1(C)CCC(C)(C)c2cc(N(c3ccc4c(c3)C(C)(C)CCC4(C)C)c3cccc4c3Sc3c(-c5ccccc5)cccc3C43C4CC5CC(C4)C3C5)ccc21. The van der Waals surface area contributed by atoms with Crippen LogP contribution in [0.15, 0.2) is 113 Å². The monoisotopic (exact) mass is 767 g/mol. The van der Waals surface area contributed by atoms with Gasteiger partial charge in [0.05, 0.1) is 5.69 Å². The zero-order chi connectivity index (χ0) is 39.3. The zero-order valence-electron chi connectivity index (χ0n) is 35.6. The second-order valence-corrected chi connectivity index (χ2v) is 22.9. The van der Waals surface area contributed by atoms with Crippen molar-refractivity contribution in [2.24, 2.45) is 23.7 Å². The van der Waals surface area contributed by atoms with E-state index in [4.69, 9.17) is 0 Å². The molecule has 0 saturated heterocycles. The molecule has 5 aromatic rings. The zero-order valence-corrected chi connectivity index (χ0v) is 36.5. The van der Waals surface area contributed by atoms with Crippen LogP contribution in [0.1, 0.15) is 140 Å². The minimum absolute atomic E-state index is 0.0593. The van der Waals surface area contributed by atoms with E-state index in [-0.39, 0.29) is 27.1 Å². The highest BCUT2D eigenvalue weighted by molar-refractivity contribution is 7.99. The molecule has 7 aliphatic rings. The third-order valence-electron chi connectivity index (χ3n) is 16.8. The summed E-state index contributed by atoms with van der Waals surface area (Å²) >= 11 is 2.08. The van der Waals surface area contributed by atoms with Crippen molar-refractivity contribution in [3.8, 4) is 11.1 Å². The highest BCUT2D eigenvalue weighted by Gasteiger charge is 2.65. The van der Waals surface area contributed by atoms with Gasteiger partial charge in [-0.25, -0.2) is 0 Å². The first-order chi connectivity index (χ1) is 27.2. The molecular weight excluding hydrogens is 707 g/mol. The fourth-order valence-corrected chi connectivity index (χ4v) is 15.1. The molecular formula is C55H61NS. The van der Waals surface area contributed by atoms with Gasteiger partial charge in [0.25, 0.3) is 0 Å². The molecule has 1 aliphatic heterocycles. The van der Waals surface area contributed by atoms with Crippen LogP contribution in [-0.4, -0.2) is 0 Å². The molecule has 12 rings (SSSR count). The summed E-state index contributed by atoms with van der Waals surface area (Å²) in [6.45, 7) is 19.8. The minimum atomic E-state index is 0.0593. The number of fused-ring (bicyclic) bond motifs is 4. The molecule has 4 saturated carbocycles. The van der Waals surface area contributed by atoms with Gasteiger partial charge in [-0.05, 0) is 172 Å². The average molecular weight is 768 g/mol. The van der Waals surface area contributed by atoms with Crippen LogP contribution in [-0.2, 0) is 27.1 Å². The third-order valence-corrected chi connectivity index (χ3v) is 18.1. The van der Waals surface area contributed by atoms with Crippen molar-refractivity contribution in [3.05, 3.63) is 137 Å². The molecule has 0 amide bonds. The molecule has 1 heterocycles. The normalized spacial score (nSPS) is 28.7. The van der Waals surface area contributed by atoms with Crippen LogP contribution in [0.3, 0.4) is 0 Å². The summed E-state index contributed by atoms with van der Waals surface area (Å²) in [5.74, 6) is 3.17. The summed E-state index contributed by atoms with van der Waals surface area (Å²) in [6, 6.07) is 41.3. The van der Waals surface area contributed by atoms with Crippen molar-refractivity contribution in [3.63, 3.8) is 0 Å². The third kappa shape index (κ3) is 5.14. The number of anilines is 3. The van der Waals surface area contributed by atoms with Crippen LogP contribution in [0.25, 0.3) is 11.1 Å². The highest BCUT2D eigenvalue weighted by atomic mass is 32.2. The fourth-order valence-electron chi connectivity index (χ4n) is 13.7. The van der Waals surface area contributed by atoms with E-state index in [2.05, 4.69) is 175 Å². The van der Waals surface area contributed by atoms with Crippen molar-refractivity contribution >= 4 is 28.8 Å². The lowest BCUT2D eigenvalue weighted by Crippen LogP contribution is -2.44.